The number of anilines is 1. The molecular weight excluding hydrogens is 480 g/mol. The predicted molar refractivity (Wildman–Crippen MR) is 142 cm³/mol. The molecule has 2 aliphatic heterocycles. The molecule has 2 aliphatic rings. The van der Waals surface area contributed by atoms with E-state index >= 15 is 0 Å². The molecule has 0 bridgehead atoms. The molecule has 3 aromatic rings. The molecular formula is C26H22N4O3S2. The molecule has 0 aromatic heterocycles. The van der Waals surface area contributed by atoms with Crippen LogP contribution < -0.4 is 4.90 Å². The van der Waals surface area contributed by atoms with E-state index in [-0.39, 0.29) is 11.6 Å². The quantitative estimate of drug-likeness (QED) is 0.226. The zero-order valence-electron chi connectivity index (χ0n) is 19.2. The molecule has 1 saturated heterocycles. The largest absolute Gasteiger partial charge is 0.334 e. The van der Waals surface area contributed by atoms with Crippen molar-refractivity contribution in [3.63, 3.8) is 0 Å². The van der Waals surface area contributed by atoms with Crippen molar-refractivity contribution in [1.82, 2.24) is 4.90 Å². The van der Waals surface area contributed by atoms with Gasteiger partial charge in [0.2, 0.25) is 0 Å². The van der Waals surface area contributed by atoms with E-state index in [1.54, 1.807) is 22.7 Å². The molecule has 0 saturated carbocycles. The average Bonchev–Trinajstić information content (AvgIpc) is 3.38. The van der Waals surface area contributed by atoms with Crippen LogP contribution in [-0.4, -0.2) is 27.4 Å². The Morgan fingerprint density at radius 3 is 2.46 bits per heavy atom. The van der Waals surface area contributed by atoms with Gasteiger partial charge in [-0.1, -0.05) is 60.3 Å². The predicted octanol–water partition coefficient (Wildman–Crippen LogP) is 6.47. The van der Waals surface area contributed by atoms with Crippen molar-refractivity contribution in [1.29, 1.82) is 0 Å². The molecule has 0 N–H and O–H groups in total. The van der Waals surface area contributed by atoms with E-state index in [1.807, 2.05) is 49.4 Å². The first-order valence-electron chi connectivity index (χ1n) is 11.1. The minimum Gasteiger partial charge on any atom is -0.334 e. The second-order valence-electron chi connectivity index (χ2n) is 8.05. The minimum atomic E-state index is -0.434. The second-order valence-corrected chi connectivity index (χ2v) is 10.1. The van der Waals surface area contributed by atoms with Gasteiger partial charge in [-0.3, -0.25) is 19.8 Å². The average molecular weight is 503 g/mol. The molecule has 3 aromatic carbocycles. The lowest BCUT2D eigenvalue weighted by Gasteiger charge is -2.19. The number of hydrogen-bond donors (Lipinski definition) is 0. The van der Waals surface area contributed by atoms with Gasteiger partial charge in [-0.05, 0) is 48.9 Å². The van der Waals surface area contributed by atoms with Crippen LogP contribution in [0.2, 0.25) is 0 Å². The first kappa shape index (κ1) is 23.2. The van der Waals surface area contributed by atoms with Gasteiger partial charge in [0.25, 0.3) is 11.6 Å². The molecule has 7 nitrogen and oxygen atoms in total. The molecule has 1 amide bonds. The van der Waals surface area contributed by atoms with Gasteiger partial charge in [-0.15, -0.1) is 0 Å². The number of nitro groups is 1. The molecule has 5 rings (SSSR count). The van der Waals surface area contributed by atoms with Crippen molar-refractivity contribution in [3.05, 3.63) is 104 Å². The molecule has 2 heterocycles. The maximum Gasteiger partial charge on any atom is 0.271 e. The number of amides is 1. The Morgan fingerprint density at radius 1 is 0.971 bits per heavy atom. The van der Waals surface area contributed by atoms with Gasteiger partial charge in [-0.25, -0.2) is 4.99 Å². The number of hydrogen-bond acceptors (Lipinski definition) is 7. The minimum absolute atomic E-state index is 0.0311. The number of aryl methyl sites for hydroxylation is 1. The summed E-state index contributed by atoms with van der Waals surface area (Å²) in [6, 6.07) is 22.5. The van der Waals surface area contributed by atoms with E-state index < -0.39 is 4.92 Å². The zero-order valence-corrected chi connectivity index (χ0v) is 20.8. The van der Waals surface area contributed by atoms with E-state index in [4.69, 9.17) is 4.99 Å². The summed E-state index contributed by atoms with van der Waals surface area (Å²) in [7, 11) is 0. The number of rotatable bonds is 5. The second kappa shape index (κ2) is 9.59. The summed E-state index contributed by atoms with van der Waals surface area (Å²) in [5.41, 5.74) is 3.32. The number of non-ortho nitro benzene ring substituents is 1. The molecule has 1 fully saturated rings. The van der Waals surface area contributed by atoms with Crippen LogP contribution in [0.5, 0.6) is 0 Å². The summed E-state index contributed by atoms with van der Waals surface area (Å²) in [4.78, 5) is 35.0. The van der Waals surface area contributed by atoms with Crippen molar-refractivity contribution >= 4 is 51.7 Å². The van der Waals surface area contributed by atoms with Crippen LogP contribution >= 0.6 is 23.5 Å². The fraction of sp³-hybridized carbons (Fsp3) is 0.154. The van der Waals surface area contributed by atoms with E-state index in [1.165, 1.54) is 23.9 Å². The molecule has 9 heteroatoms. The maximum absolute atomic E-state index is 13.8. The lowest BCUT2D eigenvalue weighted by molar-refractivity contribution is -0.384. The van der Waals surface area contributed by atoms with Crippen LogP contribution in [0.4, 0.5) is 17.1 Å². The van der Waals surface area contributed by atoms with E-state index in [0.717, 1.165) is 33.3 Å². The van der Waals surface area contributed by atoms with Gasteiger partial charge >= 0.3 is 0 Å². The van der Waals surface area contributed by atoms with E-state index in [2.05, 4.69) is 24.0 Å². The van der Waals surface area contributed by atoms with Gasteiger partial charge in [0, 0.05) is 23.6 Å². The Hall–Kier alpha value is -3.56. The first-order chi connectivity index (χ1) is 17.0. The smallest absolute Gasteiger partial charge is 0.271 e. The molecule has 176 valence electrons. The normalized spacial score (nSPS) is 18.5. The Labute approximate surface area is 211 Å². The number of carbonyl (C=O) groups excluding carboxylic acids is 1. The van der Waals surface area contributed by atoms with Crippen LogP contribution in [0.3, 0.4) is 0 Å². The number of aliphatic imine (C=N–C) groups is 1. The van der Waals surface area contributed by atoms with Crippen molar-refractivity contribution in [2.24, 2.45) is 4.99 Å². The third-order valence-electron chi connectivity index (χ3n) is 5.79. The molecule has 0 aliphatic carbocycles. The fourth-order valence-electron chi connectivity index (χ4n) is 3.98. The SMILES string of the molecule is CCN1/C(=C2/SC(=Nc3cc([N+](=O)[O-])ccc3C)N(Cc3ccccc3)C2=O)Sc2ccccc21. The van der Waals surface area contributed by atoms with E-state index in [0.29, 0.717) is 22.3 Å². The van der Waals surface area contributed by atoms with Gasteiger partial charge in [-0.2, -0.15) is 0 Å². The monoisotopic (exact) mass is 502 g/mol. The zero-order chi connectivity index (χ0) is 24.5. The van der Waals surface area contributed by atoms with Crippen LogP contribution in [0.15, 0.2) is 92.6 Å². The highest BCUT2D eigenvalue weighted by Crippen LogP contribution is 2.50. The summed E-state index contributed by atoms with van der Waals surface area (Å²) in [5.74, 6) is -0.116. The van der Waals surface area contributed by atoms with Crippen molar-refractivity contribution < 1.29 is 9.72 Å². The maximum atomic E-state index is 13.8. The number of amidine groups is 1. The summed E-state index contributed by atoms with van der Waals surface area (Å²) in [6.45, 7) is 5.01. The van der Waals surface area contributed by atoms with Gasteiger partial charge in [0.1, 0.15) is 9.93 Å². The number of nitrogens with zero attached hydrogens (tertiary/aromatic N) is 4. The summed E-state index contributed by atoms with van der Waals surface area (Å²) < 4.78 is 0. The molecule has 35 heavy (non-hydrogen) atoms. The number of carbonyl (C=O) groups is 1. The Kier molecular flexibility index (Phi) is 6.36. The standard InChI is InChI=1S/C26H22N4O3S2/c1-3-28-21-11-7-8-12-22(21)34-25(28)23-24(31)29(16-18-9-5-4-6-10-18)26(35-23)27-20-15-19(30(32)33)14-13-17(20)2/h4-15H,3,16H2,1-2H3/b25-23-,27-26?. The highest BCUT2D eigenvalue weighted by Gasteiger charge is 2.39. The Bertz CT molecular complexity index is 1390. The highest BCUT2D eigenvalue weighted by molar-refractivity contribution is 8.19. The molecule has 0 radical (unpaired) electrons. The van der Waals surface area contributed by atoms with Crippen molar-refractivity contribution in [2.75, 3.05) is 11.4 Å². The summed E-state index contributed by atoms with van der Waals surface area (Å²) in [6.07, 6.45) is 0. The number of para-hydroxylation sites is 1. The number of benzene rings is 3. The first-order valence-corrected chi connectivity index (χ1v) is 12.8. The molecule has 0 spiro atoms. The van der Waals surface area contributed by atoms with Crippen molar-refractivity contribution in [3.8, 4) is 0 Å². The van der Waals surface area contributed by atoms with Crippen LogP contribution in [0.1, 0.15) is 18.1 Å². The van der Waals surface area contributed by atoms with Gasteiger partial charge in [0.15, 0.2) is 5.17 Å². The summed E-state index contributed by atoms with van der Waals surface area (Å²) in [5, 5.41) is 12.7. The topological polar surface area (TPSA) is 79.0 Å². The number of fused-ring (bicyclic) bond motifs is 1. The lowest BCUT2D eigenvalue weighted by Crippen LogP contribution is -2.29. The third-order valence-corrected chi connectivity index (χ3v) is 8.16. The number of thioether (sulfide) groups is 2. The third kappa shape index (κ3) is 4.44. The Balaban J connectivity index is 1.60. The molecule has 0 unspecified atom stereocenters. The summed E-state index contributed by atoms with van der Waals surface area (Å²) >= 11 is 2.91. The van der Waals surface area contributed by atoms with Crippen LogP contribution in [-0.2, 0) is 11.3 Å². The van der Waals surface area contributed by atoms with Gasteiger partial charge < -0.3 is 4.90 Å². The van der Waals surface area contributed by atoms with Gasteiger partial charge in [0.05, 0.1) is 22.8 Å². The van der Waals surface area contributed by atoms with E-state index in [9.17, 15) is 14.9 Å². The van der Waals surface area contributed by atoms with Crippen LogP contribution in [0, 0.1) is 17.0 Å². The Morgan fingerprint density at radius 2 is 1.71 bits per heavy atom. The number of nitro benzene ring substituents is 1. The molecule has 0 atom stereocenters. The van der Waals surface area contributed by atoms with Crippen LogP contribution in [0.25, 0.3) is 0 Å². The highest BCUT2D eigenvalue weighted by atomic mass is 32.2. The van der Waals surface area contributed by atoms with Crippen molar-refractivity contribution in [2.45, 2.75) is 25.3 Å². The lowest BCUT2D eigenvalue weighted by atomic mass is 10.2. The fourth-order valence-corrected chi connectivity index (χ4v) is 6.36.